The average molecular weight is 288 g/mol. The van der Waals surface area contributed by atoms with E-state index >= 15 is 0 Å². The number of halogens is 1. The maximum absolute atomic E-state index is 9.33. The summed E-state index contributed by atoms with van der Waals surface area (Å²) in [5.41, 5.74) is 6.64. The number of benzene rings is 1. The van der Waals surface area contributed by atoms with Gasteiger partial charge in [0.05, 0.1) is 0 Å². The summed E-state index contributed by atoms with van der Waals surface area (Å²) in [6.07, 6.45) is 0. The lowest BCUT2D eigenvalue weighted by molar-refractivity contribution is 0.129. The van der Waals surface area contributed by atoms with Crippen molar-refractivity contribution in [2.24, 2.45) is 11.1 Å². The second kappa shape index (κ2) is 6.60. The minimum absolute atomic E-state index is 0. The van der Waals surface area contributed by atoms with Gasteiger partial charge in [0.1, 0.15) is 11.4 Å². The van der Waals surface area contributed by atoms with Crippen molar-refractivity contribution in [3.8, 4) is 5.75 Å². The van der Waals surface area contributed by atoms with E-state index in [4.69, 9.17) is 10.5 Å². The normalized spacial score (nSPS) is 13.6. The van der Waals surface area contributed by atoms with E-state index in [1.54, 1.807) is 0 Å². The molecule has 110 valence electrons. The number of aliphatic hydroxyl groups excluding tert-OH is 1. The second-order valence-corrected chi connectivity index (χ2v) is 6.41. The molecule has 1 rings (SSSR count). The Morgan fingerprint density at radius 1 is 1.11 bits per heavy atom. The van der Waals surface area contributed by atoms with Crippen LogP contribution in [0.2, 0.25) is 0 Å². The molecule has 1 aromatic carbocycles. The van der Waals surface area contributed by atoms with E-state index in [1.807, 2.05) is 58.9 Å². The van der Waals surface area contributed by atoms with Crippen LogP contribution in [-0.2, 0) is 0 Å². The quantitative estimate of drug-likeness (QED) is 0.893. The van der Waals surface area contributed by atoms with Crippen molar-refractivity contribution in [1.82, 2.24) is 0 Å². The van der Waals surface area contributed by atoms with Gasteiger partial charge < -0.3 is 15.6 Å². The summed E-state index contributed by atoms with van der Waals surface area (Å²) < 4.78 is 5.76. The van der Waals surface area contributed by atoms with Gasteiger partial charge in [0, 0.05) is 18.1 Å². The van der Waals surface area contributed by atoms with E-state index in [0.717, 1.165) is 11.3 Å². The van der Waals surface area contributed by atoms with Crippen molar-refractivity contribution in [3.05, 3.63) is 29.8 Å². The van der Waals surface area contributed by atoms with E-state index < -0.39 is 0 Å². The summed E-state index contributed by atoms with van der Waals surface area (Å²) in [6, 6.07) is 7.58. The molecule has 0 bridgehead atoms. The Morgan fingerprint density at radius 3 is 1.95 bits per heavy atom. The van der Waals surface area contributed by atoms with Crippen LogP contribution in [0.1, 0.15) is 46.2 Å². The lowest BCUT2D eigenvalue weighted by atomic mass is 9.82. The predicted octanol–water partition coefficient (Wildman–Crippen LogP) is 3.30. The lowest BCUT2D eigenvalue weighted by Crippen LogP contribution is -2.32. The van der Waals surface area contributed by atoms with Gasteiger partial charge in [-0.15, -0.1) is 12.4 Å². The molecular formula is C15H26ClNO2. The van der Waals surface area contributed by atoms with Crippen LogP contribution in [0, 0.1) is 5.41 Å². The molecule has 1 aromatic rings. The molecule has 0 heterocycles. The van der Waals surface area contributed by atoms with Crippen LogP contribution in [0.3, 0.4) is 0 Å². The number of rotatable bonds is 4. The molecule has 0 aliphatic carbocycles. The SMILES string of the molecule is CC(C)(C)Oc1ccc([C@@H](N)C(C)(C)CO)cc1.Cl. The fourth-order valence-electron chi connectivity index (χ4n) is 1.65. The largest absolute Gasteiger partial charge is 0.488 e. The number of hydrogen-bond donors (Lipinski definition) is 2. The molecule has 0 saturated heterocycles. The average Bonchev–Trinajstić information content (AvgIpc) is 2.27. The predicted molar refractivity (Wildman–Crippen MR) is 81.9 cm³/mol. The third-order valence-corrected chi connectivity index (χ3v) is 2.91. The molecule has 1 atom stereocenters. The van der Waals surface area contributed by atoms with Crippen molar-refractivity contribution in [1.29, 1.82) is 0 Å². The Labute approximate surface area is 122 Å². The van der Waals surface area contributed by atoms with Crippen LogP contribution in [0.25, 0.3) is 0 Å². The zero-order valence-electron chi connectivity index (χ0n) is 12.4. The third-order valence-electron chi connectivity index (χ3n) is 2.91. The first-order valence-corrected chi connectivity index (χ1v) is 6.31. The van der Waals surface area contributed by atoms with Gasteiger partial charge in [0.15, 0.2) is 0 Å². The summed E-state index contributed by atoms with van der Waals surface area (Å²) in [6.45, 7) is 10.0. The molecule has 3 N–H and O–H groups in total. The first-order valence-electron chi connectivity index (χ1n) is 6.31. The van der Waals surface area contributed by atoms with Crippen LogP contribution < -0.4 is 10.5 Å². The maximum atomic E-state index is 9.33. The van der Waals surface area contributed by atoms with Crippen LogP contribution in [-0.4, -0.2) is 17.3 Å². The highest BCUT2D eigenvalue weighted by Crippen LogP contribution is 2.31. The number of hydrogen-bond acceptors (Lipinski definition) is 3. The first-order chi connectivity index (χ1) is 8.15. The first kappa shape index (κ1) is 18.2. The van der Waals surface area contributed by atoms with Gasteiger partial charge in [-0.05, 0) is 38.5 Å². The van der Waals surface area contributed by atoms with Crippen LogP contribution in [0.4, 0.5) is 0 Å². The molecule has 0 spiro atoms. The van der Waals surface area contributed by atoms with Gasteiger partial charge >= 0.3 is 0 Å². The standard InChI is InChI=1S/C15H25NO2.ClH/c1-14(2,3)18-12-8-6-11(7-9-12)13(16)15(4,5)10-17;/h6-9,13,17H,10,16H2,1-5H3;1H/t13-;/m1./s1. The molecule has 0 aliphatic rings. The molecule has 19 heavy (non-hydrogen) atoms. The Bertz CT molecular complexity index is 382. The molecule has 3 nitrogen and oxygen atoms in total. The monoisotopic (exact) mass is 287 g/mol. The Morgan fingerprint density at radius 2 is 1.58 bits per heavy atom. The highest BCUT2D eigenvalue weighted by molar-refractivity contribution is 5.85. The number of nitrogens with two attached hydrogens (primary N) is 1. The molecule has 0 radical (unpaired) electrons. The van der Waals surface area contributed by atoms with E-state index in [1.165, 1.54) is 0 Å². The van der Waals surface area contributed by atoms with Gasteiger partial charge in [-0.1, -0.05) is 26.0 Å². The Balaban J connectivity index is 0.00000324. The molecule has 0 saturated carbocycles. The summed E-state index contributed by atoms with van der Waals surface area (Å²) in [5.74, 6) is 0.834. The molecular weight excluding hydrogens is 262 g/mol. The van der Waals surface area contributed by atoms with Gasteiger partial charge in [0.25, 0.3) is 0 Å². The van der Waals surface area contributed by atoms with Gasteiger partial charge in [0.2, 0.25) is 0 Å². The highest BCUT2D eigenvalue weighted by atomic mass is 35.5. The molecule has 0 unspecified atom stereocenters. The van der Waals surface area contributed by atoms with Gasteiger partial charge in [-0.25, -0.2) is 0 Å². The Kier molecular flexibility index (Phi) is 6.33. The topological polar surface area (TPSA) is 55.5 Å². The second-order valence-electron chi connectivity index (χ2n) is 6.41. The van der Waals surface area contributed by atoms with Crippen LogP contribution >= 0.6 is 12.4 Å². The Hall–Kier alpha value is -0.770. The maximum Gasteiger partial charge on any atom is 0.120 e. The van der Waals surface area contributed by atoms with Gasteiger partial charge in [-0.3, -0.25) is 0 Å². The van der Waals surface area contributed by atoms with E-state index in [9.17, 15) is 5.11 Å². The van der Waals surface area contributed by atoms with Crippen molar-refractivity contribution >= 4 is 12.4 Å². The lowest BCUT2D eigenvalue weighted by Gasteiger charge is -2.30. The summed E-state index contributed by atoms with van der Waals surface area (Å²) >= 11 is 0. The molecule has 0 fully saturated rings. The summed E-state index contributed by atoms with van der Waals surface area (Å²) in [7, 11) is 0. The van der Waals surface area contributed by atoms with Gasteiger partial charge in [-0.2, -0.15) is 0 Å². The zero-order chi connectivity index (χ0) is 14.0. The minimum atomic E-state index is -0.327. The molecule has 0 aromatic heterocycles. The van der Waals surface area contributed by atoms with Crippen molar-refractivity contribution < 1.29 is 9.84 Å². The fraction of sp³-hybridized carbons (Fsp3) is 0.600. The smallest absolute Gasteiger partial charge is 0.120 e. The van der Waals surface area contributed by atoms with E-state index in [0.29, 0.717) is 0 Å². The van der Waals surface area contributed by atoms with E-state index in [-0.39, 0.29) is 36.1 Å². The highest BCUT2D eigenvalue weighted by Gasteiger charge is 2.26. The third kappa shape index (κ3) is 5.39. The molecule has 4 heteroatoms. The number of ether oxygens (including phenoxy) is 1. The van der Waals surface area contributed by atoms with Crippen molar-refractivity contribution in [3.63, 3.8) is 0 Å². The minimum Gasteiger partial charge on any atom is -0.488 e. The zero-order valence-corrected chi connectivity index (χ0v) is 13.3. The summed E-state index contributed by atoms with van der Waals surface area (Å²) in [5, 5.41) is 9.33. The fourth-order valence-corrected chi connectivity index (χ4v) is 1.65. The number of aliphatic hydroxyl groups is 1. The molecule has 0 aliphatic heterocycles. The van der Waals surface area contributed by atoms with Crippen LogP contribution in [0.5, 0.6) is 5.75 Å². The van der Waals surface area contributed by atoms with Crippen molar-refractivity contribution in [2.75, 3.05) is 6.61 Å². The van der Waals surface area contributed by atoms with E-state index in [2.05, 4.69) is 0 Å². The summed E-state index contributed by atoms with van der Waals surface area (Å²) in [4.78, 5) is 0. The van der Waals surface area contributed by atoms with Crippen molar-refractivity contribution in [2.45, 2.75) is 46.3 Å². The molecule has 0 amide bonds. The van der Waals surface area contributed by atoms with Crippen LogP contribution in [0.15, 0.2) is 24.3 Å².